The van der Waals surface area contributed by atoms with Gasteiger partial charge in [-0.15, -0.1) is 0 Å². The van der Waals surface area contributed by atoms with Gasteiger partial charge in [-0.1, -0.05) is 17.7 Å². The minimum atomic E-state index is -4.17. The van der Waals surface area contributed by atoms with E-state index >= 15 is 0 Å². The molecule has 0 saturated heterocycles. The van der Waals surface area contributed by atoms with Gasteiger partial charge in [0.15, 0.2) is 0 Å². The molecule has 96 valence electrons. The van der Waals surface area contributed by atoms with Crippen LogP contribution in [-0.2, 0) is 0 Å². The molecule has 0 spiro atoms. The lowest BCUT2D eigenvalue weighted by molar-refractivity contribution is -0.136. The second-order valence-corrected chi connectivity index (χ2v) is 4.96. The number of aliphatic hydroxyl groups is 1. The lowest BCUT2D eigenvalue weighted by Gasteiger charge is -2.12. The van der Waals surface area contributed by atoms with Gasteiger partial charge < -0.3 is 5.11 Å². The summed E-state index contributed by atoms with van der Waals surface area (Å²) in [6, 6.07) is 4.81. The van der Waals surface area contributed by atoms with Crippen LogP contribution in [0.1, 0.15) is 30.9 Å². The molecule has 0 bridgehead atoms. The third kappa shape index (κ3) is 5.27. The molecule has 17 heavy (non-hydrogen) atoms. The maximum atomic E-state index is 11.9. The molecule has 0 aliphatic heterocycles. The van der Waals surface area contributed by atoms with E-state index < -0.39 is 18.7 Å². The molecule has 1 unspecified atom stereocenters. The topological polar surface area (TPSA) is 20.2 Å². The van der Waals surface area contributed by atoms with E-state index in [1.807, 2.05) is 0 Å². The van der Waals surface area contributed by atoms with Crippen LogP contribution in [0, 0.1) is 0 Å². The molecule has 1 aromatic carbocycles. The number of hydrogen-bond donors (Lipinski definition) is 1. The maximum Gasteiger partial charge on any atom is 0.389 e. The summed E-state index contributed by atoms with van der Waals surface area (Å²) in [5.74, 6) is 0. The van der Waals surface area contributed by atoms with Crippen LogP contribution in [0.4, 0.5) is 13.2 Å². The van der Waals surface area contributed by atoms with Gasteiger partial charge in [0.25, 0.3) is 0 Å². The number of rotatable bonds is 4. The molecule has 0 aliphatic rings. The van der Waals surface area contributed by atoms with Crippen LogP contribution in [0.25, 0.3) is 0 Å². The van der Waals surface area contributed by atoms with E-state index in [9.17, 15) is 18.3 Å². The molecule has 0 amide bonds. The summed E-state index contributed by atoms with van der Waals surface area (Å²) < 4.78 is 36.4. The number of hydrogen-bond acceptors (Lipinski definition) is 1. The molecule has 0 aliphatic carbocycles. The van der Waals surface area contributed by atoms with Crippen molar-refractivity contribution in [1.29, 1.82) is 0 Å². The molecule has 1 atom stereocenters. The van der Waals surface area contributed by atoms with E-state index in [0.717, 1.165) is 0 Å². The first-order valence-corrected chi connectivity index (χ1v) is 6.16. The van der Waals surface area contributed by atoms with Crippen molar-refractivity contribution in [3.63, 3.8) is 0 Å². The SMILES string of the molecule is OC(CCCC(F)(F)F)c1ccc(Cl)c(Br)c1. The molecule has 0 fully saturated rings. The fraction of sp³-hybridized carbons (Fsp3) is 0.455. The van der Waals surface area contributed by atoms with Crippen LogP contribution in [-0.4, -0.2) is 11.3 Å². The Morgan fingerprint density at radius 2 is 2.00 bits per heavy atom. The minimum absolute atomic E-state index is 0.0770. The summed E-state index contributed by atoms with van der Waals surface area (Å²) in [7, 11) is 0. The lowest BCUT2D eigenvalue weighted by Crippen LogP contribution is -2.08. The Hall–Kier alpha value is -0.260. The Bertz CT molecular complexity index is 381. The quantitative estimate of drug-likeness (QED) is 0.834. The fourth-order valence-corrected chi connectivity index (χ4v) is 1.90. The fourth-order valence-electron chi connectivity index (χ4n) is 1.38. The zero-order valence-corrected chi connectivity index (χ0v) is 11.1. The summed E-state index contributed by atoms with van der Waals surface area (Å²) in [4.78, 5) is 0. The van der Waals surface area contributed by atoms with Crippen LogP contribution in [0.15, 0.2) is 22.7 Å². The van der Waals surface area contributed by atoms with Crippen LogP contribution in [0.5, 0.6) is 0 Å². The van der Waals surface area contributed by atoms with E-state index in [0.29, 0.717) is 15.1 Å². The predicted molar refractivity (Wildman–Crippen MR) is 64.0 cm³/mol. The minimum Gasteiger partial charge on any atom is -0.388 e. The Labute approximate surface area is 111 Å². The van der Waals surface area contributed by atoms with E-state index in [1.54, 1.807) is 18.2 Å². The zero-order chi connectivity index (χ0) is 13.1. The highest BCUT2D eigenvalue weighted by Crippen LogP contribution is 2.29. The van der Waals surface area contributed by atoms with Crippen LogP contribution in [0.3, 0.4) is 0 Å². The zero-order valence-electron chi connectivity index (χ0n) is 8.77. The lowest BCUT2D eigenvalue weighted by atomic mass is 10.0. The molecule has 0 saturated carbocycles. The Balaban J connectivity index is 2.52. The Morgan fingerprint density at radius 1 is 1.35 bits per heavy atom. The molecule has 0 radical (unpaired) electrons. The summed E-state index contributed by atoms with van der Waals surface area (Å²) in [6.07, 6.45) is -5.96. The van der Waals surface area contributed by atoms with E-state index in [1.165, 1.54) is 0 Å². The van der Waals surface area contributed by atoms with Crippen LogP contribution < -0.4 is 0 Å². The van der Waals surface area contributed by atoms with Crippen molar-refractivity contribution < 1.29 is 18.3 Å². The predicted octanol–water partition coefficient (Wildman–Crippen LogP) is 4.87. The van der Waals surface area contributed by atoms with Gasteiger partial charge >= 0.3 is 6.18 Å². The van der Waals surface area contributed by atoms with Crippen molar-refractivity contribution in [1.82, 2.24) is 0 Å². The molecular weight excluding hydrogens is 320 g/mol. The summed E-state index contributed by atoms with van der Waals surface area (Å²) >= 11 is 8.96. The molecule has 1 rings (SSSR count). The third-order valence-corrected chi connectivity index (χ3v) is 3.48. The smallest absolute Gasteiger partial charge is 0.388 e. The van der Waals surface area contributed by atoms with Crippen molar-refractivity contribution in [3.05, 3.63) is 33.3 Å². The van der Waals surface area contributed by atoms with Gasteiger partial charge in [0.2, 0.25) is 0 Å². The standard InChI is InChI=1S/C11H11BrClF3O/c12-8-6-7(3-4-9(8)13)10(17)2-1-5-11(14,15)16/h3-4,6,10,17H,1-2,5H2. The summed E-state index contributed by atoms with van der Waals surface area (Å²) in [5, 5.41) is 10.2. The normalized spacial score (nSPS) is 13.8. The number of aliphatic hydroxyl groups excluding tert-OH is 1. The first kappa shape index (κ1) is 14.8. The van der Waals surface area contributed by atoms with Gasteiger partial charge in [-0.2, -0.15) is 13.2 Å². The molecular formula is C11H11BrClF3O. The highest BCUT2D eigenvalue weighted by Gasteiger charge is 2.26. The Kier molecular flexibility index (Phi) is 5.28. The molecule has 1 aromatic rings. The number of halogens is 5. The summed E-state index contributed by atoms with van der Waals surface area (Å²) in [6.45, 7) is 0. The third-order valence-electron chi connectivity index (χ3n) is 2.27. The van der Waals surface area contributed by atoms with Gasteiger partial charge in [-0.25, -0.2) is 0 Å². The van der Waals surface area contributed by atoms with Crippen LogP contribution >= 0.6 is 27.5 Å². The molecule has 6 heteroatoms. The average molecular weight is 332 g/mol. The van der Waals surface area contributed by atoms with Crippen molar-refractivity contribution in [2.45, 2.75) is 31.5 Å². The number of alkyl halides is 3. The monoisotopic (exact) mass is 330 g/mol. The second kappa shape index (κ2) is 6.07. The molecule has 1 N–H and O–H groups in total. The highest BCUT2D eigenvalue weighted by molar-refractivity contribution is 9.10. The summed E-state index contributed by atoms with van der Waals surface area (Å²) in [5.41, 5.74) is 0.559. The van der Waals surface area contributed by atoms with Crippen molar-refractivity contribution in [2.24, 2.45) is 0 Å². The van der Waals surface area contributed by atoms with Gasteiger partial charge in [-0.05, 0) is 46.5 Å². The largest absolute Gasteiger partial charge is 0.389 e. The molecule has 0 aromatic heterocycles. The van der Waals surface area contributed by atoms with E-state index in [4.69, 9.17) is 11.6 Å². The van der Waals surface area contributed by atoms with E-state index in [-0.39, 0.29) is 12.8 Å². The van der Waals surface area contributed by atoms with Gasteiger partial charge in [0, 0.05) is 10.9 Å². The molecule has 0 heterocycles. The number of benzene rings is 1. The van der Waals surface area contributed by atoms with Crippen molar-refractivity contribution >= 4 is 27.5 Å². The first-order valence-electron chi connectivity index (χ1n) is 4.99. The van der Waals surface area contributed by atoms with Crippen LogP contribution in [0.2, 0.25) is 5.02 Å². The van der Waals surface area contributed by atoms with Crippen molar-refractivity contribution in [3.8, 4) is 0 Å². The second-order valence-electron chi connectivity index (χ2n) is 3.70. The molecule has 1 nitrogen and oxygen atoms in total. The van der Waals surface area contributed by atoms with E-state index in [2.05, 4.69) is 15.9 Å². The average Bonchev–Trinajstić information content (AvgIpc) is 2.20. The van der Waals surface area contributed by atoms with Gasteiger partial charge in [0.05, 0.1) is 11.1 Å². The first-order chi connectivity index (χ1) is 7.79. The highest BCUT2D eigenvalue weighted by atomic mass is 79.9. The van der Waals surface area contributed by atoms with Gasteiger partial charge in [-0.3, -0.25) is 0 Å². The maximum absolute atomic E-state index is 11.9. The van der Waals surface area contributed by atoms with Gasteiger partial charge in [0.1, 0.15) is 0 Å². The Morgan fingerprint density at radius 3 is 2.53 bits per heavy atom. The van der Waals surface area contributed by atoms with Crippen molar-refractivity contribution in [2.75, 3.05) is 0 Å².